The fraction of sp³-hybridized carbons (Fsp3) is 0.400. The maximum absolute atomic E-state index is 14.5. The van der Waals surface area contributed by atoms with Crippen LogP contribution in [-0.2, 0) is 0 Å². The first kappa shape index (κ1) is 23.1. The topological polar surface area (TPSA) is 81.6 Å². The van der Waals surface area contributed by atoms with Crippen molar-refractivity contribution in [2.75, 3.05) is 19.7 Å². The number of fused-ring (bicyclic) bond motifs is 2. The smallest absolute Gasteiger partial charge is 0.408 e. The van der Waals surface area contributed by atoms with Gasteiger partial charge in [0.05, 0.1) is 12.1 Å². The third-order valence-corrected chi connectivity index (χ3v) is 6.82. The van der Waals surface area contributed by atoms with Crippen molar-refractivity contribution in [1.82, 2.24) is 24.5 Å². The van der Waals surface area contributed by atoms with Gasteiger partial charge in [0.2, 0.25) is 0 Å². The molecule has 4 aromatic rings. The van der Waals surface area contributed by atoms with Crippen LogP contribution < -0.4 is 10.5 Å². The molecule has 36 heavy (non-hydrogen) atoms. The van der Waals surface area contributed by atoms with Crippen molar-refractivity contribution >= 4 is 16.6 Å². The molecule has 0 spiro atoms. The predicted molar refractivity (Wildman–Crippen MR) is 125 cm³/mol. The molecule has 1 saturated carbocycles. The van der Waals surface area contributed by atoms with E-state index in [2.05, 4.69) is 15.2 Å². The molecule has 2 N–H and O–H groups in total. The number of aromatic nitrogens is 4. The average molecular weight is 501 g/mol. The van der Waals surface area contributed by atoms with E-state index in [1.54, 1.807) is 18.2 Å². The van der Waals surface area contributed by atoms with E-state index in [1.807, 2.05) is 0 Å². The molecule has 1 saturated heterocycles. The van der Waals surface area contributed by atoms with Gasteiger partial charge in [0.15, 0.2) is 23.0 Å². The Morgan fingerprint density at radius 2 is 1.92 bits per heavy atom. The molecule has 2 atom stereocenters. The van der Waals surface area contributed by atoms with Gasteiger partial charge in [-0.2, -0.15) is 13.2 Å². The van der Waals surface area contributed by atoms with Crippen LogP contribution in [0.2, 0.25) is 0 Å². The number of nitrogens with two attached hydrogens (primary N) is 1. The Labute approximate surface area is 203 Å². The Bertz CT molecular complexity index is 1430. The van der Waals surface area contributed by atoms with Gasteiger partial charge in [0.1, 0.15) is 11.7 Å². The van der Waals surface area contributed by atoms with Crippen molar-refractivity contribution in [3.8, 4) is 17.3 Å². The van der Waals surface area contributed by atoms with Crippen LogP contribution in [0.1, 0.15) is 30.9 Å². The summed E-state index contributed by atoms with van der Waals surface area (Å²) in [5, 5.41) is 8.87. The highest BCUT2D eigenvalue weighted by Crippen LogP contribution is 2.39. The van der Waals surface area contributed by atoms with Crippen molar-refractivity contribution in [2.45, 2.75) is 37.5 Å². The number of rotatable bonds is 6. The van der Waals surface area contributed by atoms with Crippen LogP contribution in [-0.4, -0.2) is 56.4 Å². The van der Waals surface area contributed by atoms with E-state index < -0.39 is 18.0 Å². The van der Waals surface area contributed by atoms with E-state index in [4.69, 9.17) is 10.5 Å². The van der Waals surface area contributed by atoms with Gasteiger partial charge in [-0.25, -0.2) is 9.37 Å². The highest BCUT2D eigenvalue weighted by Gasteiger charge is 2.46. The van der Waals surface area contributed by atoms with Gasteiger partial charge in [0, 0.05) is 36.8 Å². The van der Waals surface area contributed by atoms with Crippen LogP contribution in [0.3, 0.4) is 0 Å². The molecule has 0 unspecified atom stereocenters. The number of benzene rings is 1. The number of likely N-dealkylation sites (tertiary alicyclic amines) is 1. The monoisotopic (exact) mass is 500 g/mol. The molecule has 4 heterocycles. The van der Waals surface area contributed by atoms with Crippen molar-refractivity contribution in [1.29, 1.82) is 0 Å². The fourth-order valence-corrected chi connectivity index (χ4v) is 4.75. The van der Waals surface area contributed by atoms with Gasteiger partial charge in [0.25, 0.3) is 0 Å². The summed E-state index contributed by atoms with van der Waals surface area (Å²) in [4.78, 5) is 5.97. The first-order valence-corrected chi connectivity index (χ1v) is 11.9. The quantitative estimate of drug-likeness (QED) is 0.393. The second kappa shape index (κ2) is 8.67. The first-order chi connectivity index (χ1) is 17.3. The van der Waals surface area contributed by atoms with Gasteiger partial charge in [-0.1, -0.05) is 12.1 Å². The summed E-state index contributed by atoms with van der Waals surface area (Å²) in [6.45, 7) is 0.902. The second-order valence-corrected chi connectivity index (χ2v) is 9.63. The zero-order chi connectivity index (χ0) is 25.0. The summed E-state index contributed by atoms with van der Waals surface area (Å²) in [6.07, 6.45) is -0.388. The highest BCUT2D eigenvalue weighted by atomic mass is 19.4. The molecule has 2 aliphatic rings. The molecule has 11 heteroatoms. The average Bonchev–Trinajstić information content (AvgIpc) is 3.42. The van der Waals surface area contributed by atoms with Crippen molar-refractivity contribution in [2.24, 2.45) is 11.7 Å². The molecule has 188 valence electrons. The Kier molecular flexibility index (Phi) is 5.56. The molecular formula is C25H24F4N6O. The summed E-state index contributed by atoms with van der Waals surface area (Å²) >= 11 is 0. The summed E-state index contributed by atoms with van der Waals surface area (Å²) in [5.74, 6) is 0.421. The van der Waals surface area contributed by atoms with Crippen LogP contribution in [0.15, 0.2) is 42.6 Å². The maximum Gasteiger partial charge on any atom is 0.408 e. The number of alkyl halides is 3. The van der Waals surface area contributed by atoms with Crippen LogP contribution in [0.25, 0.3) is 28.1 Å². The summed E-state index contributed by atoms with van der Waals surface area (Å²) in [5.41, 5.74) is 7.24. The molecule has 1 aromatic carbocycles. The lowest BCUT2D eigenvalue weighted by molar-refractivity contribution is -0.183. The van der Waals surface area contributed by atoms with E-state index in [0.717, 1.165) is 12.8 Å². The number of halogens is 4. The molecule has 6 rings (SSSR count). The number of hydrogen-bond donors (Lipinski definition) is 1. The Morgan fingerprint density at radius 3 is 2.64 bits per heavy atom. The Hall–Kier alpha value is -3.31. The second-order valence-electron chi connectivity index (χ2n) is 9.63. The standard InChI is InChI=1S/C25H24F4N6O/c26-18-9-15-3-5-19(31-20(15)10-21(18)36-13-14-1-2-14)24-33-32-22-6-4-16(11-35(22)24)23(25(27,28)29)34-8-7-17(30)12-34/h3-6,9-11,14,17,23H,1-2,7-8,12-13,30H2/t17-,23+/m0/s1. The van der Waals surface area contributed by atoms with E-state index in [9.17, 15) is 17.6 Å². The van der Waals surface area contributed by atoms with Crippen LogP contribution >= 0.6 is 0 Å². The van der Waals surface area contributed by atoms with Gasteiger partial charge >= 0.3 is 6.18 Å². The molecule has 0 radical (unpaired) electrons. The third kappa shape index (κ3) is 4.37. The minimum Gasteiger partial charge on any atom is -0.490 e. The summed E-state index contributed by atoms with van der Waals surface area (Å²) < 4.78 is 63.9. The van der Waals surface area contributed by atoms with Crippen LogP contribution in [0.5, 0.6) is 5.75 Å². The Morgan fingerprint density at radius 1 is 1.08 bits per heavy atom. The normalized spacial score (nSPS) is 19.9. The van der Waals surface area contributed by atoms with Crippen molar-refractivity contribution in [3.05, 3.63) is 54.0 Å². The van der Waals surface area contributed by atoms with E-state index in [0.29, 0.717) is 41.2 Å². The van der Waals surface area contributed by atoms with E-state index in [-0.39, 0.29) is 36.3 Å². The van der Waals surface area contributed by atoms with Crippen LogP contribution in [0, 0.1) is 11.7 Å². The predicted octanol–water partition coefficient (Wildman–Crippen LogP) is 4.51. The minimum atomic E-state index is -4.48. The maximum atomic E-state index is 14.5. The molecule has 2 fully saturated rings. The lowest BCUT2D eigenvalue weighted by Crippen LogP contribution is -2.38. The molecule has 0 bridgehead atoms. The van der Waals surface area contributed by atoms with Crippen molar-refractivity contribution in [3.63, 3.8) is 0 Å². The van der Waals surface area contributed by atoms with Crippen molar-refractivity contribution < 1.29 is 22.3 Å². The Balaban J connectivity index is 1.38. The number of nitrogens with zero attached hydrogens (tertiary/aromatic N) is 5. The molecule has 1 aliphatic heterocycles. The molecule has 0 amide bonds. The minimum absolute atomic E-state index is 0.0729. The number of hydrogen-bond acceptors (Lipinski definition) is 6. The largest absolute Gasteiger partial charge is 0.490 e. The SMILES string of the molecule is N[C@H]1CCN([C@H](c2ccc3nnc(-c4ccc5cc(F)c(OCC6CC6)cc5n4)n3c2)C(F)(F)F)C1. The summed E-state index contributed by atoms with van der Waals surface area (Å²) in [7, 11) is 0. The molecule has 7 nitrogen and oxygen atoms in total. The van der Waals surface area contributed by atoms with Gasteiger partial charge in [-0.05, 0) is 48.9 Å². The zero-order valence-electron chi connectivity index (χ0n) is 19.2. The molecule has 3 aromatic heterocycles. The lowest BCUT2D eigenvalue weighted by Gasteiger charge is -2.30. The fourth-order valence-electron chi connectivity index (χ4n) is 4.75. The molecule has 1 aliphatic carbocycles. The molecular weight excluding hydrogens is 476 g/mol. The van der Waals surface area contributed by atoms with Gasteiger partial charge in [-0.3, -0.25) is 9.30 Å². The van der Waals surface area contributed by atoms with E-state index >= 15 is 0 Å². The number of ether oxygens (including phenoxy) is 1. The van der Waals surface area contributed by atoms with Gasteiger partial charge < -0.3 is 10.5 Å². The third-order valence-electron chi connectivity index (χ3n) is 6.82. The summed E-state index contributed by atoms with van der Waals surface area (Å²) in [6, 6.07) is 7.12. The first-order valence-electron chi connectivity index (χ1n) is 11.9. The number of pyridine rings is 2. The van der Waals surface area contributed by atoms with Crippen LogP contribution in [0.4, 0.5) is 17.6 Å². The zero-order valence-corrected chi connectivity index (χ0v) is 19.2. The van der Waals surface area contributed by atoms with E-state index in [1.165, 1.54) is 33.7 Å². The highest BCUT2D eigenvalue weighted by molar-refractivity contribution is 5.82. The lowest BCUT2D eigenvalue weighted by atomic mass is 10.1. The van der Waals surface area contributed by atoms with Gasteiger partial charge in [-0.15, -0.1) is 10.2 Å².